The second kappa shape index (κ2) is 4.40. The van der Waals surface area contributed by atoms with Crippen LogP contribution < -0.4 is 10.6 Å². The molecule has 2 aliphatic rings. The highest BCUT2D eigenvalue weighted by Gasteiger charge is 2.49. The lowest BCUT2D eigenvalue weighted by molar-refractivity contribution is -0.116. The molecule has 0 aromatic rings. The summed E-state index contributed by atoms with van der Waals surface area (Å²) in [4.78, 5) is 0. The average molecular weight is 212 g/mol. The molecule has 1 saturated carbocycles. The number of hydrogen-bond donors (Lipinski definition) is 2. The van der Waals surface area contributed by atoms with E-state index in [0.717, 1.165) is 13.2 Å². The topological polar surface area (TPSA) is 33.3 Å². The zero-order valence-electron chi connectivity index (χ0n) is 10.2. The van der Waals surface area contributed by atoms with Crippen molar-refractivity contribution in [3.63, 3.8) is 0 Å². The molecule has 88 valence electrons. The summed E-state index contributed by atoms with van der Waals surface area (Å²) >= 11 is 0. The monoisotopic (exact) mass is 212 g/mol. The highest BCUT2D eigenvalue weighted by Crippen LogP contribution is 2.43. The molecule has 2 fully saturated rings. The second-order valence-corrected chi connectivity index (χ2v) is 5.41. The predicted octanol–water partition coefficient (Wildman–Crippen LogP) is 1.14. The fourth-order valence-electron chi connectivity index (χ4n) is 2.73. The van der Waals surface area contributed by atoms with Crippen molar-refractivity contribution in [1.29, 1.82) is 0 Å². The molecule has 0 aromatic heterocycles. The zero-order valence-corrected chi connectivity index (χ0v) is 10.2. The summed E-state index contributed by atoms with van der Waals surface area (Å²) in [6.07, 6.45) is 2.90. The van der Waals surface area contributed by atoms with Crippen molar-refractivity contribution < 1.29 is 4.74 Å². The van der Waals surface area contributed by atoms with E-state index in [2.05, 4.69) is 31.4 Å². The van der Waals surface area contributed by atoms with Gasteiger partial charge in [-0.15, -0.1) is 0 Å². The van der Waals surface area contributed by atoms with Crippen LogP contribution in [0.25, 0.3) is 0 Å². The molecule has 3 nitrogen and oxygen atoms in total. The quantitative estimate of drug-likeness (QED) is 0.733. The van der Waals surface area contributed by atoms with Gasteiger partial charge in [0.1, 0.15) is 0 Å². The predicted molar refractivity (Wildman–Crippen MR) is 62.0 cm³/mol. The Bertz CT molecular complexity index is 212. The third-order valence-corrected chi connectivity index (χ3v) is 4.04. The average Bonchev–Trinajstić information content (AvgIpc) is 2.69. The lowest BCUT2D eigenvalue weighted by Crippen LogP contribution is -2.63. The van der Waals surface area contributed by atoms with E-state index in [-0.39, 0.29) is 0 Å². The molecule has 1 saturated heterocycles. The first-order valence-electron chi connectivity index (χ1n) is 6.23. The van der Waals surface area contributed by atoms with Crippen LogP contribution in [-0.4, -0.2) is 37.9 Å². The van der Waals surface area contributed by atoms with E-state index in [9.17, 15) is 0 Å². The first-order chi connectivity index (χ1) is 7.14. The Balaban J connectivity index is 1.80. The minimum Gasteiger partial charge on any atom is -0.378 e. The maximum Gasteiger partial charge on any atom is 0.0655 e. The maximum absolute atomic E-state index is 5.73. The van der Waals surface area contributed by atoms with Crippen LogP contribution >= 0.6 is 0 Å². The van der Waals surface area contributed by atoms with Gasteiger partial charge in [-0.3, -0.25) is 0 Å². The van der Waals surface area contributed by atoms with Crippen molar-refractivity contribution in [2.75, 3.05) is 19.7 Å². The Labute approximate surface area is 93.0 Å². The second-order valence-electron chi connectivity index (χ2n) is 5.41. The lowest BCUT2D eigenvalue weighted by atomic mass is 9.64. The Morgan fingerprint density at radius 2 is 2.27 bits per heavy atom. The van der Waals surface area contributed by atoms with Gasteiger partial charge in [-0.05, 0) is 26.3 Å². The third kappa shape index (κ3) is 2.19. The summed E-state index contributed by atoms with van der Waals surface area (Å²) in [6, 6.07) is 1.32. The SMILES string of the molecule is CCOC1CC(NC2CCNC2)C1(C)C. The zero-order chi connectivity index (χ0) is 10.9. The van der Waals surface area contributed by atoms with Gasteiger partial charge >= 0.3 is 0 Å². The van der Waals surface area contributed by atoms with Gasteiger partial charge in [0.05, 0.1) is 6.10 Å². The summed E-state index contributed by atoms with van der Waals surface area (Å²) < 4.78 is 5.73. The summed E-state index contributed by atoms with van der Waals surface area (Å²) in [7, 11) is 0. The molecule has 2 rings (SSSR count). The van der Waals surface area contributed by atoms with E-state index in [1.54, 1.807) is 0 Å². The molecule has 3 heteroatoms. The van der Waals surface area contributed by atoms with Crippen molar-refractivity contribution >= 4 is 0 Å². The third-order valence-electron chi connectivity index (χ3n) is 4.04. The normalized spacial score (nSPS) is 39.0. The summed E-state index contributed by atoms with van der Waals surface area (Å²) in [6.45, 7) is 9.85. The molecule has 0 aromatic carbocycles. The van der Waals surface area contributed by atoms with Crippen LogP contribution in [0.15, 0.2) is 0 Å². The van der Waals surface area contributed by atoms with E-state index in [0.29, 0.717) is 23.6 Å². The van der Waals surface area contributed by atoms with Crippen LogP contribution in [0.2, 0.25) is 0 Å². The van der Waals surface area contributed by atoms with Crippen LogP contribution in [-0.2, 0) is 4.74 Å². The van der Waals surface area contributed by atoms with Gasteiger partial charge in [-0.1, -0.05) is 13.8 Å². The van der Waals surface area contributed by atoms with Gasteiger partial charge in [0, 0.05) is 30.7 Å². The fraction of sp³-hybridized carbons (Fsp3) is 1.00. The summed E-state index contributed by atoms with van der Waals surface area (Å²) in [5, 5.41) is 7.15. The fourth-order valence-corrected chi connectivity index (χ4v) is 2.73. The molecule has 0 amide bonds. The molecule has 0 spiro atoms. The maximum atomic E-state index is 5.73. The van der Waals surface area contributed by atoms with E-state index in [4.69, 9.17) is 4.74 Å². The molecule has 2 N–H and O–H groups in total. The molecule has 1 heterocycles. The molecule has 3 atom stereocenters. The van der Waals surface area contributed by atoms with E-state index in [1.807, 2.05) is 0 Å². The van der Waals surface area contributed by atoms with Crippen molar-refractivity contribution in [3.05, 3.63) is 0 Å². The van der Waals surface area contributed by atoms with Gasteiger partial charge < -0.3 is 15.4 Å². The molecular weight excluding hydrogens is 188 g/mol. The first kappa shape index (κ1) is 11.4. The Morgan fingerprint density at radius 3 is 2.80 bits per heavy atom. The van der Waals surface area contributed by atoms with E-state index < -0.39 is 0 Å². The van der Waals surface area contributed by atoms with Gasteiger partial charge in [0.25, 0.3) is 0 Å². The molecule has 0 bridgehead atoms. The Hall–Kier alpha value is -0.120. The van der Waals surface area contributed by atoms with Crippen LogP contribution in [0.5, 0.6) is 0 Å². The minimum atomic E-state index is 0.304. The molecular formula is C12H24N2O. The van der Waals surface area contributed by atoms with Crippen molar-refractivity contribution in [2.24, 2.45) is 5.41 Å². The lowest BCUT2D eigenvalue weighted by Gasteiger charge is -2.52. The van der Waals surface area contributed by atoms with Crippen molar-refractivity contribution in [1.82, 2.24) is 10.6 Å². The smallest absolute Gasteiger partial charge is 0.0655 e. The molecule has 1 aliphatic heterocycles. The largest absolute Gasteiger partial charge is 0.378 e. The highest BCUT2D eigenvalue weighted by atomic mass is 16.5. The minimum absolute atomic E-state index is 0.304. The van der Waals surface area contributed by atoms with E-state index in [1.165, 1.54) is 19.4 Å². The van der Waals surface area contributed by atoms with Crippen molar-refractivity contribution in [2.45, 2.75) is 51.8 Å². The van der Waals surface area contributed by atoms with Crippen LogP contribution in [0.3, 0.4) is 0 Å². The van der Waals surface area contributed by atoms with Crippen molar-refractivity contribution in [3.8, 4) is 0 Å². The highest BCUT2D eigenvalue weighted by molar-refractivity contribution is 5.04. The number of nitrogens with one attached hydrogen (secondary N) is 2. The van der Waals surface area contributed by atoms with Gasteiger partial charge in [0.2, 0.25) is 0 Å². The number of rotatable bonds is 4. The summed E-state index contributed by atoms with van der Waals surface area (Å²) in [5.74, 6) is 0. The molecule has 0 radical (unpaired) electrons. The van der Waals surface area contributed by atoms with Gasteiger partial charge in [-0.25, -0.2) is 0 Å². The molecule has 3 unspecified atom stereocenters. The molecule has 15 heavy (non-hydrogen) atoms. The first-order valence-corrected chi connectivity index (χ1v) is 6.23. The number of hydrogen-bond acceptors (Lipinski definition) is 3. The van der Waals surface area contributed by atoms with Crippen LogP contribution in [0.1, 0.15) is 33.6 Å². The standard InChI is InChI=1S/C12H24N2O/c1-4-15-11-7-10(12(11,2)3)14-9-5-6-13-8-9/h9-11,13-14H,4-8H2,1-3H3. The van der Waals surface area contributed by atoms with Gasteiger partial charge in [-0.2, -0.15) is 0 Å². The Morgan fingerprint density at radius 1 is 1.47 bits per heavy atom. The molecule has 1 aliphatic carbocycles. The van der Waals surface area contributed by atoms with Gasteiger partial charge in [0.15, 0.2) is 0 Å². The van der Waals surface area contributed by atoms with E-state index >= 15 is 0 Å². The number of ether oxygens (including phenoxy) is 1. The van der Waals surface area contributed by atoms with Crippen LogP contribution in [0, 0.1) is 5.41 Å². The summed E-state index contributed by atoms with van der Waals surface area (Å²) in [5.41, 5.74) is 0.304. The Kier molecular flexibility index (Phi) is 3.33. The van der Waals surface area contributed by atoms with Crippen LogP contribution in [0.4, 0.5) is 0 Å².